The number of imidazole rings is 1. The molecule has 0 saturated heterocycles. The van der Waals surface area contributed by atoms with Crippen molar-refractivity contribution < 1.29 is 4.74 Å². The number of fused-ring (bicyclic) bond motifs is 1. The van der Waals surface area contributed by atoms with Crippen LogP contribution in [0.15, 0.2) is 71.3 Å². The summed E-state index contributed by atoms with van der Waals surface area (Å²) in [6.07, 6.45) is 1.80. The predicted octanol–water partition coefficient (Wildman–Crippen LogP) is 5.44. The van der Waals surface area contributed by atoms with Gasteiger partial charge in [0.1, 0.15) is 18.2 Å². The Bertz CT molecular complexity index is 1140. The quantitative estimate of drug-likeness (QED) is 0.365. The van der Waals surface area contributed by atoms with E-state index >= 15 is 0 Å². The number of rotatable bonds is 7. The molecule has 0 amide bonds. The van der Waals surface area contributed by atoms with Gasteiger partial charge in [-0.25, -0.2) is 4.98 Å². The number of halogens is 1. The molecule has 0 fully saturated rings. The maximum atomic E-state index is 6.23. The summed E-state index contributed by atoms with van der Waals surface area (Å²) in [5, 5.41) is 0. The van der Waals surface area contributed by atoms with Crippen molar-refractivity contribution in [3.63, 3.8) is 0 Å². The molecule has 4 aromatic rings. The molecule has 0 radical (unpaired) electrons. The Morgan fingerprint density at radius 2 is 1.87 bits per heavy atom. The van der Waals surface area contributed by atoms with E-state index in [0.717, 1.165) is 39.3 Å². The molecular weight excluding hydrogens is 440 g/mol. The van der Waals surface area contributed by atoms with E-state index in [2.05, 4.69) is 67.6 Å². The van der Waals surface area contributed by atoms with Crippen LogP contribution >= 0.6 is 15.9 Å². The highest BCUT2D eigenvalue weighted by Gasteiger charge is 2.18. The zero-order valence-electron chi connectivity index (χ0n) is 17.4. The summed E-state index contributed by atoms with van der Waals surface area (Å²) in [6.45, 7) is 3.29. The van der Waals surface area contributed by atoms with Gasteiger partial charge >= 0.3 is 0 Å². The van der Waals surface area contributed by atoms with Crippen LogP contribution in [0.25, 0.3) is 11.0 Å². The summed E-state index contributed by atoms with van der Waals surface area (Å²) in [5.74, 6) is 1.68. The zero-order chi connectivity index (χ0) is 21.1. The Hall–Kier alpha value is -2.70. The maximum absolute atomic E-state index is 6.23. The normalized spacial score (nSPS) is 12.4. The molecule has 2 aromatic carbocycles. The summed E-state index contributed by atoms with van der Waals surface area (Å²) in [6, 6.07) is 20.7. The highest BCUT2D eigenvalue weighted by molar-refractivity contribution is 9.10. The molecule has 0 N–H and O–H groups in total. The number of hydrogen-bond acceptors (Lipinski definition) is 4. The smallest absolute Gasteiger partial charge is 0.148 e. The van der Waals surface area contributed by atoms with Crippen molar-refractivity contribution in [1.29, 1.82) is 0 Å². The largest absolute Gasteiger partial charge is 0.484 e. The first-order chi connectivity index (χ1) is 14.5. The SMILES string of the molecule is CC(c1ccccc1)n1c(COc2cccnc2CN(C)C)nc2ccc(Br)cc21. The molecule has 5 nitrogen and oxygen atoms in total. The summed E-state index contributed by atoms with van der Waals surface area (Å²) in [4.78, 5) is 11.5. The van der Waals surface area contributed by atoms with Crippen LogP contribution in [0.5, 0.6) is 5.75 Å². The summed E-state index contributed by atoms with van der Waals surface area (Å²) in [7, 11) is 4.05. The lowest BCUT2D eigenvalue weighted by atomic mass is 10.1. The van der Waals surface area contributed by atoms with Gasteiger partial charge in [0.05, 0.1) is 22.8 Å². The van der Waals surface area contributed by atoms with Crippen LogP contribution in [0.4, 0.5) is 0 Å². The van der Waals surface area contributed by atoms with Crippen LogP contribution in [0.1, 0.15) is 30.0 Å². The van der Waals surface area contributed by atoms with Gasteiger partial charge in [0.25, 0.3) is 0 Å². The predicted molar refractivity (Wildman–Crippen MR) is 124 cm³/mol. The number of benzene rings is 2. The Morgan fingerprint density at radius 3 is 2.63 bits per heavy atom. The third kappa shape index (κ3) is 4.40. The minimum absolute atomic E-state index is 0.124. The van der Waals surface area contributed by atoms with Crippen molar-refractivity contribution in [1.82, 2.24) is 19.4 Å². The number of ether oxygens (including phenoxy) is 1. The first-order valence-corrected chi connectivity index (χ1v) is 10.7. The molecule has 1 atom stereocenters. The third-order valence-electron chi connectivity index (χ3n) is 5.07. The van der Waals surface area contributed by atoms with Crippen LogP contribution in [-0.2, 0) is 13.2 Å². The minimum atomic E-state index is 0.124. The van der Waals surface area contributed by atoms with E-state index in [1.54, 1.807) is 6.20 Å². The average molecular weight is 465 g/mol. The van der Waals surface area contributed by atoms with Gasteiger partial charge in [-0.3, -0.25) is 4.98 Å². The average Bonchev–Trinajstić information content (AvgIpc) is 3.10. The molecule has 0 aliphatic carbocycles. The number of hydrogen-bond donors (Lipinski definition) is 0. The van der Waals surface area contributed by atoms with Gasteiger partial charge in [-0.1, -0.05) is 46.3 Å². The zero-order valence-corrected chi connectivity index (χ0v) is 19.0. The molecule has 0 bridgehead atoms. The van der Waals surface area contributed by atoms with Gasteiger partial charge in [-0.15, -0.1) is 0 Å². The summed E-state index contributed by atoms with van der Waals surface area (Å²) >= 11 is 3.60. The number of nitrogens with zero attached hydrogens (tertiary/aromatic N) is 4. The van der Waals surface area contributed by atoms with E-state index in [-0.39, 0.29) is 6.04 Å². The van der Waals surface area contributed by atoms with Gasteiger partial charge in [0.15, 0.2) is 0 Å². The summed E-state index contributed by atoms with van der Waals surface area (Å²) in [5.41, 5.74) is 4.19. The lowest BCUT2D eigenvalue weighted by molar-refractivity contribution is 0.277. The second-order valence-electron chi connectivity index (χ2n) is 7.59. The fourth-order valence-corrected chi connectivity index (χ4v) is 3.99. The van der Waals surface area contributed by atoms with Gasteiger partial charge in [-0.2, -0.15) is 0 Å². The van der Waals surface area contributed by atoms with E-state index in [4.69, 9.17) is 9.72 Å². The van der Waals surface area contributed by atoms with Gasteiger partial charge in [0.2, 0.25) is 0 Å². The molecule has 2 aromatic heterocycles. The lowest BCUT2D eigenvalue weighted by Gasteiger charge is -2.19. The third-order valence-corrected chi connectivity index (χ3v) is 5.56. The Kier molecular flexibility index (Phi) is 6.16. The van der Waals surface area contributed by atoms with E-state index in [1.807, 2.05) is 44.4 Å². The monoisotopic (exact) mass is 464 g/mol. The van der Waals surface area contributed by atoms with E-state index < -0.39 is 0 Å². The van der Waals surface area contributed by atoms with E-state index in [0.29, 0.717) is 6.61 Å². The van der Waals surface area contributed by atoms with Crippen LogP contribution < -0.4 is 4.74 Å². The van der Waals surface area contributed by atoms with E-state index in [9.17, 15) is 0 Å². The van der Waals surface area contributed by atoms with E-state index in [1.165, 1.54) is 5.56 Å². The van der Waals surface area contributed by atoms with Crippen molar-refractivity contribution in [2.45, 2.75) is 26.1 Å². The maximum Gasteiger partial charge on any atom is 0.148 e. The van der Waals surface area contributed by atoms with Crippen molar-refractivity contribution in [2.24, 2.45) is 0 Å². The molecule has 0 saturated carbocycles. The summed E-state index contributed by atoms with van der Waals surface area (Å²) < 4.78 is 9.52. The highest BCUT2D eigenvalue weighted by atomic mass is 79.9. The lowest BCUT2D eigenvalue weighted by Crippen LogP contribution is -2.15. The van der Waals surface area contributed by atoms with Gasteiger partial charge in [0, 0.05) is 17.2 Å². The van der Waals surface area contributed by atoms with Crippen molar-refractivity contribution in [2.75, 3.05) is 14.1 Å². The first-order valence-electron chi connectivity index (χ1n) is 9.95. The van der Waals surface area contributed by atoms with Crippen molar-refractivity contribution in [3.05, 3.63) is 88.4 Å². The molecule has 6 heteroatoms. The van der Waals surface area contributed by atoms with Crippen LogP contribution in [0, 0.1) is 0 Å². The molecule has 4 rings (SSSR count). The second kappa shape index (κ2) is 8.98. The molecule has 0 aliphatic heterocycles. The molecular formula is C24H25BrN4O. The minimum Gasteiger partial charge on any atom is -0.484 e. The topological polar surface area (TPSA) is 43.2 Å². The first kappa shape index (κ1) is 20.6. The Labute approximate surface area is 185 Å². The molecule has 1 unspecified atom stereocenters. The number of aromatic nitrogens is 3. The molecule has 0 spiro atoms. The van der Waals surface area contributed by atoms with Gasteiger partial charge in [-0.05, 0) is 56.9 Å². The molecule has 2 heterocycles. The fourth-order valence-electron chi connectivity index (χ4n) is 3.65. The Morgan fingerprint density at radius 1 is 1.07 bits per heavy atom. The van der Waals surface area contributed by atoms with Crippen molar-refractivity contribution >= 4 is 27.0 Å². The Balaban J connectivity index is 1.71. The van der Waals surface area contributed by atoms with Crippen LogP contribution in [0.3, 0.4) is 0 Å². The fraction of sp³-hybridized carbons (Fsp3) is 0.250. The van der Waals surface area contributed by atoms with Crippen LogP contribution in [0.2, 0.25) is 0 Å². The van der Waals surface area contributed by atoms with Crippen molar-refractivity contribution in [3.8, 4) is 5.75 Å². The second-order valence-corrected chi connectivity index (χ2v) is 8.51. The highest BCUT2D eigenvalue weighted by Crippen LogP contribution is 2.29. The molecule has 154 valence electrons. The molecule has 0 aliphatic rings. The number of pyridine rings is 1. The standard InChI is InChI=1S/C24H25BrN4O/c1-17(18-8-5-4-6-9-18)29-22-14-19(25)11-12-20(22)27-24(29)16-30-23-10-7-13-26-21(23)15-28(2)3/h4-14,17H,15-16H2,1-3H3. The molecule has 30 heavy (non-hydrogen) atoms. The van der Waals surface area contributed by atoms with Gasteiger partial charge < -0.3 is 14.2 Å². The van der Waals surface area contributed by atoms with Crippen LogP contribution in [-0.4, -0.2) is 33.5 Å².